The fourth-order valence-electron chi connectivity index (χ4n) is 2.57. The summed E-state index contributed by atoms with van der Waals surface area (Å²) < 4.78 is 27.6. The number of H-pyrrole nitrogens is 1. The molecule has 1 aromatic heterocycles. The third-order valence-corrected chi connectivity index (χ3v) is 4.76. The second kappa shape index (κ2) is 6.74. The maximum absolute atomic E-state index is 12.4. The number of primary sulfonamides is 1. The highest BCUT2D eigenvalue weighted by Crippen LogP contribution is 2.21. The van der Waals surface area contributed by atoms with Gasteiger partial charge in [0, 0.05) is 22.7 Å². The van der Waals surface area contributed by atoms with E-state index in [2.05, 4.69) is 4.98 Å². The number of carbonyl (C=O) groups excluding carboxylic acids is 1. The average molecular weight is 372 g/mol. The number of aromatic amines is 1. The summed E-state index contributed by atoms with van der Waals surface area (Å²) >= 11 is 0. The number of aromatic nitrogens is 1. The molecule has 0 saturated heterocycles. The number of carbonyl (C=O) groups is 1. The Morgan fingerprint density at radius 2 is 1.81 bits per heavy atom. The number of esters is 1. The van der Waals surface area contributed by atoms with E-state index in [1.165, 1.54) is 24.3 Å². The van der Waals surface area contributed by atoms with E-state index < -0.39 is 16.0 Å². The van der Waals surface area contributed by atoms with Crippen molar-refractivity contribution in [3.8, 4) is 11.3 Å². The minimum atomic E-state index is -3.78. The molecule has 0 atom stereocenters. The van der Waals surface area contributed by atoms with E-state index in [4.69, 9.17) is 9.88 Å². The van der Waals surface area contributed by atoms with Crippen LogP contribution in [0.5, 0.6) is 0 Å². The molecule has 8 heteroatoms. The SMILES string of the molecule is CCOC(=O)c1ccc2[nH]c(-c3ccc(S(N)(=O)=O)cc3)cc(=O)c2c1. The summed E-state index contributed by atoms with van der Waals surface area (Å²) in [4.78, 5) is 27.3. The number of ether oxygens (including phenoxy) is 1. The number of hydrogen-bond donors (Lipinski definition) is 2. The van der Waals surface area contributed by atoms with E-state index in [0.29, 0.717) is 27.7 Å². The maximum Gasteiger partial charge on any atom is 0.338 e. The van der Waals surface area contributed by atoms with E-state index >= 15 is 0 Å². The normalized spacial score (nSPS) is 11.5. The molecule has 0 radical (unpaired) electrons. The minimum Gasteiger partial charge on any atom is -0.462 e. The first kappa shape index (κ1) is 17.8. The second-order valence-electron chi connectivity index (χ2n) is 5.60. The Balaban J connectivity index is 2.05. The lowest BCUT2D eigenvalue weighted by molar-refractivity contribution is 0.0526. The van der Waals surface area contributed by atoms with Gasteiger partial charge in [0.15, 0.2) is 5.43 Å². The van der Waals surface area contributed by atoms with Gasteiger partial charge in [-0.1, -0.05) is 12.1 Å². The van der Waals surface area contributed by atoms with E-state index in [9.17, 15) is 18.0 Å². The van der Waals surface area contributed by atoms with Crippen molar-refractivity contribution in [2.45, 2.75) is 11.8 Å². The van der Waals surface area contributed by atoms with Crippen LogP contribution in [-0.4, -0.2) is 26.0 Å². The van der Waals surface area contributed by atoms with Crippen molar-refractivity contribution in [2.24, 2.45) is 5.14 Å². The lowest BCUT2D eigenvalue weighted by Gasteiger charge is -2.07. The first-order valence-electron chi connectivity index (χ1n) is 7.77. The van der Waals surface area contributed by atoms with Gasteiger partial charge in [-0.15, -0.1) is 0 Å². The highest BCUT2D eigenvalue weighted by atomic mass is 32.2. The summed E-state index contributed by atoms with van der Waals surface area (Å²) in [6.07, 6.45) is 0. The Labute approximate surface area is 149 Å². The van der Waals surface area contributed by atoms with Gasteiger partial charge in [0.2, 0.25) is 10.0 Å². The van der Waals surface area contributed by atoms with Crippen LogP contribution < -0.4 is 10.6 Å². The lowest BCUT2D eigenvalue weighted by atomic mass is 10.1. The Bertz CT molecular complexity index is 1150. The number of benzene rings is 2. The number of pyridine rings is 1. The smallest absolute Gasteiger partial charge is 0.338 e. The summed E-state index contributed by atoms with van der Waals surface area (Å²) in [5, 5.41) is 5.44. The van der Waals surface area contributed by atoms with Crippen LogP contribution in [0.3, 0.4) is 0 Å². The molecule has 3 N–H and O–H groups in total. The predicted molar refractivity (Wildman–Crippen MR) is 97.3 cm³/mol. The Kier molecular flexibility index (Phi) is 4.62. The van der Waals surface area contributed by atoms with Crippen molar-refractivity contribution in [3.05, 3.63) is 64.3 Å². The standard InChI is InChI=1S/C18H16N2O5S/c1-2-25-18(22)12-5-8-15-14(9-12)17(21)10-16(20-15)11-3-6-13(7-4-11)26(19,23)24/h3-10H,2H2,1H3,(H,20,21)(H2,19,23,24). The van der Waals surface area contributed by atoms with Crippen LogP contribution in [0.15, 0.2) is 58.2 Å². The molecule has 7 nitrogen and oxygen atoms in total. The molecule has 3 rings (SSSR count). The van der Waals surface area contributed by atoms with E-state index in [1.807, 2.05) is 0 Å². The Hall–Kier alpha value is -2.97. The van der Waals surface area contributed by atoms with Crippen molar-refractivity contribution in [2.75, 3.05) is 6.61 Å². The van der Waals surface area contributed by atoms with Crippen LogP contribution >= 0.6 is 0 Å². The van der Waals surface area contributed by atoms with Gasteiger partial charge in [-0.05, 0) is 42.8 Å². The minimum absolute atomic E-state index is 0.0107. The molecule has 26 heavy (non-hydrogen) atoms. The van der Waals surface area contributed by atoms with Crippen LogP contribution in [0.25, 0.3) is 22.2 Å². The number of nitrogens with one attached hydrogen (secondary N) is 1. The predicted octanol–water partition coefficient (Wildman–Crippen LogP) is 2.02. The molecule has 0 aliphatic carbocycles. The summed E-state index contributed by atoms with van der Waals surface area (Å²) in [6, 6.07) is 11.9. The lowest BCUT2D eigenvalue weighted by Crippen LogP contribution is -2.11. The van der Waals surface area contributed by atoms with E-state index in [1.54, 1.807) is 31.2 Å². The number of sulfonamides is 1. The molecule has 0 unspecified atom stereocenters. The van der Waals surface area contributed by atoms with Crippen molar-refractivity contribution < 1.29 is 17.9 Å². The number of rotatable bonds is 4. The highest BCUT2D eigenvalue weighted by Gasteiger charge is 2.11. The van der Waals surface area contributed by atoms with Crippen LogP contribution in [0.4, 0.5) is 0 Å². The third-order valence-electron chi connectivity index (χ3n) is 3.83. The number of fused-ring (bicyclic) bond motifs is 1. The Morgan fingerprint density at radius 1 is 1.12 bits per heavy atom. The van der Waals surface area contributed by atoms with Crippen molar-refractivity contribution in [1.29, 1.82) is 0 Å². The Morgan fingerprint density at radius 3 is 2.42 bits per heavy atom. The zero-order valence-electron chi connectivity index (χ0n) is 13.9. The number of hydrogen-bond acceptors (Lipinski definition) is 5. The van der Waals surface area contributed by atoms with Gasteiger partial charge in [0.1, 0.15) is 0 Å². The molecule has 0 spiro atoms. The topological polar surface area (TPSA) is 119 Å². The van der Waals surface area contributed by atoms with Crippen molar-refractivity contribution in [3.63, 3.8) is 0 Å². The molecule has 0 saturated carbocycles. The first-order valence-corrected chi connectivity index (χ1v) is 9.31. The largest absolute Gasteiger partial charge is 0.462 e. The monoisotopic (exact) mass is 372 g/mol. The fraction of sp³-hybridized carbons (Fsp3) is 0.111. The molecule has 0 bridgehead atoms. The molecule has 0 amide bonds. The van der Waals surface area contributed by atoms with E-state index in [-0.39, 0.29) is 16.9 Å². The van der Waals surface area contributed by atoms with Crippen molar-refractivity contribution >= 4 is 26.9 Å². The summed E-state index contributed by atoms with van der Waals surface area (Å²) in [5.74, 6) is -0.489. The van der Waals surface area contributed by atoms with Gasteiger partial charge in [-0.25, -0.2) is 18.4 Å². The van der Waals surface area contributed by atoms with Crippen LogP contribution in [0.1, 0.15) is 17.3 Å². The first-order chi connectivity index (χ1) is 12.3. The van der Waals surface area contributed by atoms with Crippen LogP contribution in [0.2, 0.25) is 0 Å². The summed E-state index contributed by atoms with van der Waals surface area (Å²) in [7, 11) is -3.78. The van der Waals surface area contributed by atoms with Gasteiger partial charge in [0.25, 0.3) is 0 Å². The van der Waals surface area contributed by atoms with Gasteiger partial charge in [0.05, 0.1) is 17.1 Å². The van der Waals surface area contributed by atoms with Crippen LogP contribution in [0, 0.1) is 0 Å². The molecule has 3 aromatic rings. The van der Waals surface area contributed by atoms with Crippen LogP contribution in [-0.2, 0) is 14.8 Å². The number of nitrogens with two attached hydrogens (primary N) is 1. The van der Waals surface area contributed by atoms with Gasteiger partial charge in [-0.2, -0.15) is 0 Å². The zero-order valence-corrected chi connectivity index (χ0v) is 14.7. The fourth-order valence-corrected chi connectivity index (χ4v) is 3.08. The zero-order chi connectivity index (χ0) is 18.9. The van der Waals surface area contributed by atoms with Gasteiger partial charge < -0.3 is 9.72 Å². The van der Waals surface area contributed by atoms with Gasteiger partial charge >= 0.3 is 5.97 Å². The molecule has 134 valence electrons. The second-order valence-corrected chi connectivity index (χ2v) is 7.16. The molecule has 1 heterocycles. The summed E-state index contributed by atoms with van der Waals surface area (Å²) in [6.45, 7) is 1.96. The highest BCUT2D eigenvalue weighted by molar-refractivity contribution is 7.89. The average Bonchev–Trinajstić information content (AvgIpc) is 2.61. The van der Waals surface area contributed by atoms with Gasteiger partial charge in [-0.3, -0.25) is 4.79 Å². The molecular formula is C18H16N2O5S. The third kappa shape index (κ3) is 3.51. The molecular weight excluding hydrogens is 356 g/mol. The molecule has 0 aliphatic heterocycles. The van der Waals surface area contributed by atoms with E-state index in [0.717, 1.165) is 0 Å². The maximum atomic E-state index is 12.4. The molecule has 0 fully saturated rings. The van der Waals surface area contributed by atoms with Crippen molar-refractivity contribution in [1.82, 2.24) is 4.98 Å². The quantitative estimate of drug-likeness (QED) is 0.679. The molecule has 0 aliphatic rings. The molecule has 2 aromatic carbocycles. The summed E-state index contributed by atoms with van der Waals surface area (Å²) in [5.41, 5.74) is 1.74.